The largest absolute Gasteiger partial charge is 0.348 e. The Morgan fingerprint density at radius 1 is 1.09 bits per heavy atom. The van der Waals surface area contributed by atoms with Gasteiger partial charge in [-0.2, -0.15) is 0 Å². The highest BCUT2D eigenvalue weighted by atomic mass is 35.5. The van der Waals surface area contributed by atoms with E-state index < -0.39 is 0 Å². The summed E-state index contributed by atoms with van der Waals surface area (Å²) in [7, 11) is 0. The summed E-state index contributed by atoms with van der Waals surface area (Å²) in [5.41, 5.74) is 2.18. The maximum Gasteiger partial charge on any atom is 0.253 e. The van der Waals surface area contributed by atoms with E-state index in [9.17, 15) is 9.59 Å². The van der Waals surface area contributed by atoms with Crippen LogP contribution >= 0.6 is 11.6 Å². The number of rotatable bonds is 3. The summed E-state index contributed by atoms with van der Waals surface area (Å²) >= 11 is 5.85. The summed E-state index contributed by atoms with van der Waals surface area (Å²) < 4.78 is 1.49. The van der Waals surface area contributed by atoms with Crippen LogP contribution in [0, 0.1) is 0 Å². The highest BCUT2D eigenvalue weighted by Gasteiger charge is 2.16. The van der Waals surface area contributed by atoms with Crippen molar-refractivity contribution in [2.45, 2.75) is 13.5 Å². The SMILES string of the molecule is CC(=O)n1cc(C(=O)NCc2ccc(Cl)cc2)c2ccccc21. The van der Waals surface area contributed by atoms with Crippen molar-refractivity contribution in [3.8, 4) is 0 Å². The standard InChI is InChI=1S/C18H15ClN2O2/c1-12(22)21-11-16(15-4-2-3-5-17(15)21)18(23)20-10-13-6-8-14(19)9-7-13/h2-9,11H,10H2,1H3,(H,20,23). The maximum absolute atomic E-state index is 12.5. The van der Waals surface area contributed by atoms with Gasteiger partial charge in [0, 0.05) is 30.1 Å². The third kappa shape index (κ3) is 3.12. The molecule has 0 aliphatic carbocycles. The Kier molecular flexibility index (Phi) is 4.17. The van der Waals surface area contributed by atoms with E-state index in [1.807, 2.05) is 36.4 Å². The molecule has 0 bridgehead atoms. The van der Waals surface area contributed by atoms with Gasteiger partial charge in [-0.1, -0.05) is 41.9 Å². The minimum atomic E-state index is -0.212. The number of carbonyl (C=O) groups excluding carboxylic acids is 2. The van der Waals surface area contributed by atoms with Crippen LogP contribution in [0.2, 0.25) is 5.02 Å². The number of nitrogens with zero attached hydrogens (tertiary/aromatic N) is 1. The molecule has 4 nitrogen and oxygen atoms in total. The summed E-state index contributed by atoms with van der Waals surface area (Å²) in [6, 6.07) is 14.6. The van der Waals surface area contributed by atoms with E-state index in [-0.39, 0.29) is 11.8 Å². The fourth-order valence-corrected chi connectivity index (χ4v) is 2.63. The van der Waals surface area contributed by atoms with Gasteiger partial charge < -0.3 is 5.32 Å². The second kappa shape index (κ2) is 6.26. The lowest BCUT2D eigenvalue weighted by Crippen LogP contribution is -2.22. The van der Waals surface area contributed by atoms with Crippen molar-refractivity contribution in [2.75, 3.05) is 0 Å². The van der Waals surface area contributed by atoms with E-state index in [0.717, 1.165) is 16.5 Å². The highest BCUT2D eigenvalue weighted by Crippen LogP contribution is 2.21. The van der Waals surface area contributed by atoms with Gasteiger partial charge in [-0.15, -0.1) is 0 Å². The number of halogens is 1. The van der Waals surface area contributed by atoms with Crippen molar-refractivity contribution < 1.29 is 9.59 Å². The van der Waals surface area contributed by atoms with Gasteiger partial charge in [0.05, 0.1) is 11.1 Å². The van der Waals surface area contributed by atoms with Crippen LogP contribution in [0.3, 0.4) is 0 Å². The molecule has 0 saturated heterocycles. The predicted octanol–water partition coefficient (Wildman–Crippen LogP) is 3.88. The molecule has 0 atom stereocenters. The molecule has 1 N–H and O–H groups in total. The fraction of sp³-hybridized carbons (Fsp3) is 0.111. The van der Waals surface area contributed by atoms with Crippen molar-refractivity contribution >= 4 is 34.3 Å². The lowest BCUT2D eigenvalue weighted by molar-refractivity contribution is 0.0941. The number of para-hydroxylation sites is 1. The van der Waals surface area contributed by atoms with Crippen molar-refractivity contribution in [1.29, 1.82) is 0 Å². The monoisotopic (exact) mass is 326 g/mol. The topological polar surface area (TPSA) is 51.1 Å². The molecule has 1 heterocycles. The van der Waals surface area contributed by atoms with Crippen LogP contribution in [0.5, 0.6) is 0 Å². The number of hydrogen-bond donors (Lipinski definition) is 1. The van der Waals surface area contributed by atoms with Gasteiger partial charge in [0.15, 0.2) is 0 Å². The number of aromatic nitrogens is 1. The molecule has 0 spiro atoms. The van der Waals surface area contributed by atoms with Crippen LogP contribution in [0.15, 0.2) is 54.7 Å². The molecule has 0 aliphatic heterocycles. The molecule has 116 valence electrons. The third-order valence-electron chi connectivity index (χ3n) is 3.66. The van der Waals surface area contributed by atoms with Crippen LogP contribution in [0.4, 0.5) is 0 Å². The minimum absolute atomic E-state index is 0.127. The average Bonchev–Trinajstić information content (AvgIpc) is 2.94. The highest BCUT2D eigenvalue weighted by molar-refractivity contribution is 6.30. The average molecular weight is 327 g/mol. The molecule has 3 rings (SSSR count). The molecular weight excluding hydrogens is 312 g/mol. The summed E-state index contributed by atoms with van der Waals surface area (Å²) in [6.07, 6.45) is 1.59. The first-order valence-corrected chi connectivity index (χ1v) is 7.58. The third-order valence-corrected chi connectivity index (χ3v) is 3.91. The quantitative estimate of drug-likeness (QED) is 0.794. The number of amides is 1. The van der Waals surface area contributed by atoms with Crippen molar-refractivity contribution in [1.82, 2.24) is 9.88 Å². The first kappa shape index (κ1) is 15.3. The van der Waals surface area contributed by atoms with E-state index in [1.54, 1.807) is 18.3 Å². The van der Waals surface area contributed by atoms with E-state index >= 15 is 0 Å². The van der Waals surface area contributed by atoms with Gasteiger partial charge in [-0.05, 0) is 23.8 Å². The molecule has 0 aliphatic rings. The van der Waals surface area contributed by atoms with Gasteiger partial charge in [0.25, 0.3) is 5.91 Å². The first-order valence-electron chi connectivity index (χ1n) is 7.20. The molecule has 0 saturated carbocycles. The second-order valence-electron chi connectivity index (χ2n) is 5.26. The van der Waals surface area contributed by atoms with Gasteiger partial charge in [-0.3, -0.25) is 14.2 Å². The zero-order chi connectivity index (χ0) is 16.4. The van der Waals surface area contributed by atoms with E-state index in [0.29, 0.717) is 17.1 Å². The molecule has 0 radical (unpaired) electrons. The van der Waals surface area contributed by atoms with Gasteiger partial charge in [0.1, 0.15) is 0 Å². The Balaban J connectivity index is 1.86. The summed E-state index contributed by atoms with van der Waals surface area (Å²) in [6.45, 7) is 1.87. The maximum atomic E-state index is 12.5. The smallest absolute Gasteiger partial charge is 0.253 e. The lowest BCUT2D eigenvalue weighted by atomic mass is 10.1. The summed E-state index contributed by atoms with van der Waals surface area (Å²) in [4.78, 5) is 24.2. The predicted molar refractivity (Wildman–Crippen MR) is 90.9 cm³/mol. The Labute approximate surface area is 138 Å². The molecule has 0 unspecified atom stereocenters. The number of carbonyl (C=O) groups is 2. The first-order chi connectivity index (χ1) is 11.1. The fourth-order valence-electron chi connectivity index (χ4n) is 2.50. The molecule has 1 aromatic heterocycles. The van der Waals surface area contributed by atoms with Crippen LogP contribution < -0.4 is 5.32 Å². The van der Waals surface area contributed by atoms with Gasteiger partial charge >= 0.3 is 0 Å². The second-order valence-corrected chi connectivity index (χ2v) is 5.69. The van der Waals surface area contributed by atoms with E-state index in [2.05, 4.69) is 5.32 Å². The Bertz CT molecular complexity index is 882. The minimum Gasteiger partial charge on any atom is -0.348 e. The van der Waals surface area contributed by atoms with Crippen LogP contribution in [0.25, 0.3) is 10.9 Å². The molecule has 23 heavy (non-hydrogen) atoms. The number of benzene rings is 2. The van der Waals surface area contributed by atoms with Crippen LogP contribution in [0.1, 0.15) is 27.6 Å². The summed E-state index contributed by atoms with van der Waals surface area (Å²) in [5.74, 6) is -0.339. The Morgan fingerprint density at radius 3 is 2.48 bits per heavy atom. The van der Waals surface area contributed by atoms with E-state index in [4.69, 9.17) is 11.6 Å². The molecule has 0 fully saturated rings. The van der Waals surface area contributed by atoms with Gasteiger partial charge in [-0.25, -0.2) is 0 Å². The zero-order valence-corrected chi connectivity index (χ0v) is 13.3. The van der Waals surface area contributed by atoms with Gasteiger partial charge in [0.2, 0.25) is 5.91 Å². The lowest BCUT2D eigenvalue weighted by Gasteiger charge is -2.04. The zero-order valence-electron chi connectivity index (χ0n) is 12.5. The van der Waals surface area contributed by atoms with E-state index in [1.165, 1.54) is 11.5 Å². The van der Waals surface area contributed by atoms with Crippen molar-refractivity contribution in [3.05, 3.63) is 70.9 Å². The number of nitrogens with one attached hydrogen (secondary N) is 1. The number of fused-ring (bicyclic) bond motifs is 1. The normalized spacial score (nSPS) is 10.7. The molecular formula is C18H15ClN2O2. The van der Waals surface area contributed by atoms with Crippen molar-refractivity contribution in [3.63, 3.8) is 0 Å². The molecule has 1 amide bonds. The van der Waals surface area contributed by atoms with Crippen molar-refractivity contribution in [2.24, 2.45) is 0 Å². The molecule has 5 heteroatoms. The van der Waals surface area contributed by atoms with Crippen LogP contribution in [-0.4, -0.2) is 16.4 Å². The van der Waals surface area contributed by atoms with Crippen LogP contribution in [-0.2, 0) is 6.54 Å². The summed E-state index contributed by atoms with van der Waals surface area (Å²) in [5, 5.41) is 4.29. The Hall–Kier alpha value is -2.59. The Morgan fingerprint density at radius 2 is 1.78 bits per heavy atom. The molecule has 3 aromatic rings. The molecule has 2 aromatic carbocycles. The number of hydrogen-bond acceptors (Lipinski definition) is 2.